The number of benzene rings is 1. The van der Waals surface area contributed by atoms with Crippen molar-refractivity contribution < 1.29 is 4.79 Å². The standard InChI is InChI=1S/C14H22BrN3O/c1-3-8-17-14(19)10-18(2)13(9-16)11-6-4-5-7-12(11)15/h4-7,13H,3,8-10,16H2,1-2H3,(H,17,19). The fourth-order valence-electron chi connectivity index (χ4n) is 1.95. The molecule has 0 aliphatic heterocycles. The number of nitrogens with two attached hydrogens (primary N) is 1. The third-order valence-corrected chi connectivity index (χ3v) is 3.71. The van der Waals surface area contributed by atoms with Crippen molar-refractivity contribution >= 4 is 21.8 Å². The molecule has 0 heterocycles. The van der Waals surface area contributed by atoms with Crippen LogP contribution >= 0.6 is 15.9 Å². The Kier molecular flexibility index (Phi) is 7.05. The largest absolute Gasteiger partial charge is 0.355 e. The second kappa shape index (κ2) is 8.30. The van der Waals surface area contributed by atoms with Gasteiger partial charge < -0.3 is 11.1 Å². The molecule has 1 amide bonds. The van der Waals surface area contributed by atoms with Gasteiger partial charge in [-0.1, -0.05) is 41.1 Å². The van der Waals surface area contributed by atoms with Gasteiger partial charge >= 0.3 is 0 Å². The van der Waals surface area contributed by atoms with Crippen LogP contribution in [-0.4, -0.2) is 37.5 Å². The first kappa shape index (κ1) is 16.1. The first-order valence-electron chi connectivity index (χ1n) is 6.51. The van der Waals surface area contributed by atoms with Crippen LogP contribution in [0, 0.1) is 0 Å². The lowest BCUT2D eigenvalue weighted by Crippen LogP contribution is -2.39. The van der Waals surface area contributed by atoms with E-state index < -0.39 is 0 Å². The summed E-state index contributed by atoms with van der Waals surface area (Å²) in [7, 11) is 1.92. The van der Waals surface area contributed by atoms with E-state index in [4.69, 9.17) is 5.73 Å². The lowest BCUT2D eigenvalue weighted by Gasteiger charge is -2.27. The summed E-state index contributed by atoms with van der Waals surface area (Å²) < 4.78 is 1.02. The minimum atomic E-state index is 0.0305. The second-order valence-corrected chi connectivity index (χ2v) is 5.39. The van der Waals surface area contributed by atoms with Gasteiger partial charge in [-0.3, -0.25) is 9.69 Å². The smallest absolute Gasteiger partial charge is 0.234 e. The van der Waals surface area contributed by atoms with E-state index in [2.05, 4.69) is 21.2 Å². The highest BCUT2D eigenvalue weighted by atomic mass is 79.9. The molecule has 0 aromatic heterocycles. The molecule has 1 atom stereocenters. The lowest BCUT2D eigenvalue weighted by atomic mass is 10.1. The Balaban J connectivity index is 2.69. The minimum Gasteiger partial charge on any atom is -0.355 e. The molecule has 106 valence electrons. The molecule has 1 aromatic rings. The summed E-state index contributed by atoms with van der Waals surface area (Å²) in [4.78, 5) is 13.7. The van der Waals surface area contributed by atoms with Crippen molar-refractivity contribution in [3.05, 3.63) is 34.3 Å². The Hall–Kier alpha value is -0.910. The Bertz CT molecular complexity index is 411. The summed E-state index contributed by atoms with van der Waals surface area (Å²) in [6.45, 7) is 3.58. The number of amides is 1. The van der Waals surface area contributed by atoms with Crippen molar-refractivity contribution in [1.29, 1.82) is 0 Å². The van der Waals surface area contributed by atoms with Crippen molar-refractivity contribution in [2.75, 3.05) is 26.7 Å². The average molecular weight is 328 g/mol. The van der Waals surface area contributed by atoms with Gasteiger partial charge in [0.15, 0.2) is 0 Å². The highest BCUT2D eigenvalue weighted by Crippen LogP contribution is 2.25. The van der Waals surface area contributed by atoms with E-state index in [0.717, 1.165) is 23.0 Å². The molecule has 0 aliphatic carbocycles. The molecule has 5 heteroatoms. The van der Waals surface area contributed by atoms with E-state index in [9.17, 15) is 4.79 Å². The molecule has 1 rings (SSSR count). The van der Waals surface area contributed by atoms with E-state index in [1.54, 1.807) is 0 Å². The van der Waals surface area contributed by atoms with E-state index in [0.29, 0.717) is 13.1 Å². The Labute approximate surface area is 123 Å². The Morgan fingerprint density at radius 1 is 1.47 bits per heavy atom. The molecule has 3 N–H and O–H groups in total. The molecule has 0 aliphatic rings. The molecule has 0 fully saturated rings. The Morgan fingerprint density at radius 2 is 2.16 bits per heavy atom. The van der Waals surface area contributed by atoms with Crippen LogP contribution < -0.4 is 11.1 Å². The number of nitrogens with zero attached hydrogens (tertiary/aromatic N) is 1. The van der Waals surface area contributed by atoms with Gasteiger partial charge in [0.2, 0.25) is 5.91 Å². The normalized spacial score (nSPS) is 12.5. The first-order chi connectivity index (χ1) is 9.10. The number of halogens is 1. The third-order valence-electron chi connectivity index (χ3n) is 2.98. The molecular formula is C14H22BrN3O. The number of carbonyl (C=O) groups is 1. The van der Waals surface area contributed by atoms with Crippen molar-refractivity contribution in [2.24, 2.45) is 5.73 Å². The highest BCUT2D eigenvalue weighted by Gasteiger charge is 2.19. The minimum absolute atomic E-state index is 0.0305. The van der Waals surface area contributed by atoms with Gasteiger partial charge in [-0.25, -0.2) is 0 Å². The zero-order valence-corrected chi connectivity index (χ0v) is 13.1. The number of likely N-dealkylation sites (N-methyl/N-ethyl adjacent to an activating group) is 1. The van der Waals surface area contributed by atoms with Crippen LogP contribution in [0.2, 0.25) is 0 Å². The predicted octanol–water partition coefficient (Wildman–Crippen LogP) is 1.91. The van der Waals surface area contributed by atoms with Gasteiger partial charge in [-0.2, -0.15) is 0 Å². The maximum atomic E-state index is 11.7. The van der Waals surface area contributed by atoms with Gasteiger partial charge in [0.05, 0.1) is 6.54 Å². The van der Waals surface area contributed by atoms with Gasteiger partial charge in [0.1, 0.15) is 0 Å². The van der Waals surface area contributed by atoms with Crippen molar-refractivity contribution in [3.8, 4) is 0 Å². The molecule has 0 saturated carbocycles. The average Bonchev–Trinajstić information content (AvgIpc) is 2.39. The summed E-state index contributed by atoms with van der Waals surface area (Å²) in [6.07, 6.45) is 0.944. The molecule has 0 bridgehead atoms. The maximum absolute atomic E-state index is 11.7. The van der Waals surface area contributed by atoms with Crippen LogP contribution in [0.25, 0.3) is 0 Å². The summed E-state index contributed by atoms with van der Waals surface area (Å²) in [5.74, 6) is 0.0369. The van der Waals surface area contributed by atoms with Crippen LogP contribution in [0.15, 0.2) is 28.7 Å². The van der Waals surface area contributed by atoms with Crippen LogP contribution in [0.3, 0.4) is 0 Å². The van der Waals surface area contributed by atoms with E-state index >= 15 is 0 Å². The Morgan fingerprint density at radius 3 is 2.74 bits per heavy atom. The molecule has 4 nitrogen and oxygen atoms in total. The van der Waals surface area contributed by atoms with E-state index in [1.165, 1.54) is 0 Å². The topological polar surface area (TPSA) is 58.4 Å². The van der Waals surface area contributed by atoms with Crippen LogP contribution in [-0.2, 0) is 4.79 Å². The summed E-state index contributed by atoms with van der Waals surface area (Å²) in [6, 6.07) is 8.00. The summed E-state index contributed by atoms with van der Waals surface area (Å²) in [5.41, 5.74) is 6.96. The van der Waals surface area contributed by atoms with Gasteiger partial charge in [0.25, 0.3) is 0 Å². The number of nitrogens with one attached hydrogen (secondary N) is 1. The fourth-order valence-corrected chi connectivity index (χ4v) is 2.50. The number of rotatable bonds is 7. The van der Waals surface area contributed by atoms with Crippen molar-refractivity contribution in [2.45, 2.75) is 19.4 Å². The van der Waals surface area contributed by atoms with Crippen LogP contribution in [0.5, 0.6) is 0 Å². The quantitative estimate of drug-likeness (QED) is 0.804. The first-order valence-corrected chi connectivity index (χ1v) is 7.30. The highest BCUT2D eigenvalue weighted by molar-refractivity contribution is 9.10. The molecule has 19 heavy (non-hydrogen) atoms. The second-order valence-electron chi connectivity index (χ2n) is 4.54. The molecular weight excluding hydrogens is 306 g/mol. The number of hydrogen-bond acceptors (Lipinski definition) is 3. The third kappa shape index (κ3) is 4.93. The van der Waals surface area contributed by atoms with Crippen LogP contribution in [0.1, 0.15) is 24.9 Å². The lowest BCUT2D eigenvalue weighted by molar-refractivity contribution is -0.122. The van der Waals surface area contributed by atoms with Crippen molar-refractivity contribution in [1.82, 2.24) is 10.2 Å². The molecule has 1 unspecified atom stereocenters. The molecule has 0 spiro atoms. The van der Waals surface area contributed by atoms with Gasteiger partial charge in [-0.05, 0) is 25.1 Å². The number of carbonyl (C=O) groups excluding carboxylic acids is 1. The zero-order chi connectivity index (χ0) is 14.3. The van der Waals surface area contributed by atoms with E-state index in [1.807, 2.05) is 43.1 Å². The van der Waals surface area contributed by atoms with Crippen LogP contribution in [0.4, 0.5) is 0 Å². The van der Waals surface area contributed by atoms with E-state index in [-0.39, 0.29) is 11.9 Å². The fraction of sp³-hybridized carbons (Fsp3) is 0.500. The van der Waals surface area contributed by atoms with Gasteiger partial charge in [0, 0.05) is 23.6 Å². The summed E-state index contributed by atoms with van der Waals surface area (Å²) >= 11 is 3.53. The monoisotopic (exact) mass is 327 g/mol. The maximum Gasteiger partial charge on any atom is 0.234 e. The van der Waals surface area contributed by atoms with Crippen molar-refractivity contribution in [3.63, 3.8) is 0 Å². The summed E-state index contributed by atoms with van der Waals surface area (Å²) in [5, 5.41) is 2.88. The predicted molar refractivity (Wildman–Crippen MR) is 81.9 cm³/mol. The molecule has 0 saturated heterocycles. The molecule has 0 radical (unpaired) electrons. The number of hydrogen-bond donors (Lipinski definition) is 2. The zero-order valence-electron chi connectivity index (χ0n) is 11.5. The SMILES string of the molecule is CCCNC(=O)CN(C)C(CN)c1ccccc1Br. The van der Waals surface area contributed by atoms with Gasteiger partial charge in [-0.15, -0.1) is 0 Å². The molecule has 1 aromatic carbocycles.